The Morgan fingerprint density at radius 1 is 0.877 bits per heavy atom. The minimum absolute atomic E-state index is 0.0770. The molecule has 0 bridgehead atoms. The maximum atomic E-state index is 14.4. The van der Waals surface area contributed by atoms with Crippen molar-refractivity contribution in [1.82, 2.24) is 44.5 Å². The normalized spacial score (nSPS) is 13.7. The number of furan rings is 1. The number of carbonyl (C=O) groups is 2. The van der Waals surface area contributed by atoms with Gasteiger partial charge in [0, 0.05) is 56.8 Å². The summed E-state index contributed by atoms with van der Waals surface area (Å²) in [6, 6.07) is 15.9. The zero-order valence-corrected chi connectivity index (χ0v) is 43.4. The molecule has 9 rings (SSSR count). The van der Waals surface area contributed by atoms with Crippen molar-refractivity contribution in [3.63, 3.8) is 0 Å². The molecule has 7 heterocycles. The summed E-state index contributed by atoms with van der Waals surface area (Å²) in [5, 5.41) is 17.0. The van der Waals surface area contributed by atoms with Crippen LogP contribution < -0.4 is 21.1 Å². The molecule has 8 aromatic rings. The molecule has 6 aromatic heterocycles. The molecule has 73 heavy (non-hydrogen) atoms. The van der Waals surface area contributed by atoms with E-state index >= 15 is 0 Å². The predicted octanol–water partition coefficient (Wildman–Crippen LogP) is 7.73. The third kappa shape index (κ3) is 10.6. The number of pyridine rings is 2. The summed E-state index contributed by atoms with van der Waals surface area (Å²) in [5.74, 6) is 2.14. The number of halogens is 1. The van der Waals surface area contributed by atoms with Crippen molar-refractivity contribution >= 4 is 62.4 Å². The van der Waals surface area contributed by atoms with Gasteiger partial charge in [-0.3, -0.25) is 38.3 Å². The van der Waals surface area contributed by atoms with E-state index in [-0.39, 0.29) is 43.6 Å². The van der Waals surface area contributed by atoms with Gasteiger partial charge in [0.2, 0.25) is 11.8 Å². The van der Waals surface area contributed by atoms with Gasteiger partial charge in [0.1, 0.15) is 34.9 Å². The van der Waals surface area contributed by atoms with E-state index in [9.17, 15) is 14.4 Å². The molecule has 2 aromatic carbocycles. The highest BCUT2D eigenvalue weighted by Gasteiger charge is 2.33. The fourth-order valence-electron chi connectivity index (χ4n) is 9.23. The first-order valence-corrected chi connectivity index (χ1v) is 25.2. The van der Waals surface area contributed by atoms with Crippen LogP contribution in [-0.2, 0) is 30.3 Å². The average Bonchev–Trinajstić information content (AvgIpc) is 4.08. The van der Waals surface area contributed by atoms with Crippen molar-refractivity contribution in [3.8, 4) is 21.9 Å². The molecule has 0 saturated heterocycles. The molecule has 2 unspecified atom stereocenters. The van der Waals surface area contributed by atoms with Crippen molar-refractivity contribution in [2.75, 3.05) is 59.8 Å². The molecule has 0 saturated carbocycles. The molecule has 0 radical (unpaired) electrons. The van der Waals surface area contributed by atoms with Crippen molar-refractivity contribution in [1.29, 1.82) is 0 Å². The van der Waals surface area contributed by atoms with Gasteiger partial charge in [0.05, 0.1) is 99.6 Å². The standard InChI is InChI=1S/C53H57ClN10O8S/c1-30-29-72-33(4)47(30)39-24-41-38(25-44(39)68-7)50-43(27-58-41)62(53(67)63(50)32(3)40-10-8-9-15-55-40)28-46(66)57-17-19-70-21-23-71-22-20-69-18-16-56-45(65)26-42-51-61-60-35(6)64(51)52-48(31(2)34(5)73-52)49(59-42)36-11-13-37(54)14-12-36/h8-15,24-25,27,29,32,42H,16-23,26,28H2,1-7H3,(H,56,65)(H,57,66). The molecule has 0 spiro atoms. The van der Waals surface area contributed by atoms with Crippen molar-refractivity contribution < 1.29 is 33.0 Å². The minimum Gasteiger partial charge on any atom is -0.496 e. The molecule has 1 aliphatic heterocycles. The Bertz CT molecular complexity index is 3380. The largest absolute Gasteiger partial charge is 0.496 e. The van der Waals surface area contributed by atoms with Gasteiger partial charge in [-0.25, -0.2) is 4.79 Å². The van der Waals surface area contributed by atoms with E-state index in [1.54, 1.807) is 41.7 Å². The van der Waals surface area contributed by atoms with Crippen LogP contribution in [0.25, 0.3) is 38.1 Å². The summed E-state index contributed by atoms with van der Waals surface area (Å²) in [6.45, 7) is 14.0. The molecular weight excluding hydrogens is 972 g/mol. The second kappa shape index (κ2) is 22.4. The number of fused-ring (bicyclic) bond motifs is 6. The number of imidazole rings is 1. The number of aryl methyl sites for hydroxylation is 4. The number of aliphatic imine (C=N–C) groups is 1. The van der Waals surface area contributed by atoms with Gasteiger partial charge in [-0.2, -0.15) is 0 Å². The topological polar surface area (TPSA) is 204 Å². The summed E-state index contributed by atoms with van der Waals surface area (Å²) >= 11 is 7.90. The summed E-state index contributed by atoms with van der Waals surface area (Å²) in [5.41, 5.74) is 8.59. The van der Waals surface area contributed by atoms with Gasteiger partial charge < -0.3 is 34.0 Å². The monoisotopic (exact) mass is 1030 g/mol. The second-order valence-corrected chi connectivity index (χ2v) is 19.4. The number of ether oxygens (including phenoxy) is 4. The number of hydrogen-bond acceptors (Lipinski definition) is 14. The van der Waals surface area contributed by atoms with E-state index in [2.05, 4.69) is 39.7 Å². The number of rotatable bonds is 21. The van der Waals surface area contributed by atoms with Crippen LogP contribution in [0.15, 0.2) is 87.5 Å². The van der Waals surface area contributed by atoms with E-state index in [1.165, 1.54) is 9.44 Å². The van der Waals surface area contributed by atoms with Crippen molar-refractivity contribution in [2.24, 2.45) is 4.99 Å². The van der Waals surface area contributed by atoms with Gasteiger partial charge in [0.25, 0.3) is 0 Å². The average molecular weight is 1030 g/mol. The molecule has 2 atom stereocenters. The third-order valence-corrected chi connectivity index (χ3v) is 14.4. The molecule has 0 fully saturated rings. The lowest BCUT2D eigenvalue weighted by Crippen LogP contribution is -2.35. The lowest BCUT2D eigenvalue weighted by molar-refractivity contribution is -0.122. The number of aromatic nitrogens is 7. The second-order valence-electron chi connectivity index (χ2n) is 17.7. The quantitative estimate of drug-likeness (QED) is 0.0664. The Kier molecular flexibility index (Phi) is 15.6. The Morgan fingerprint density at radius 3 is 2.26 bits per heavy atom. The summed E-state index contributed by atoms with van der Waals surface area (Å²) in [7, 11) is 1.60. The number of hydrogen-bond donors (Lipinski definition) is 2. The molecule has 380 valence electrons. The lowest BCUT2D eigenvalue weighted by Gasteiger charge is -2.15. The van der Waals surface area contributed by atoms with Gasteiger partial charge >= 0.3 is 5.69 Å². The molecule has 2 amide bonds. The smallest absolute Gasteiger partial charge is 0.330 e. The van der Waals surface area contributed by atoms with Crippen LogP contribution in [-0.4, -0.2) is 111 Å². The van der Waals surface area contributed by atoms with Crippen LogP contribution in [0.5, 0.6) is 5.75 Å². The highest BCUT2D eigenvalue weighted by Crippen LogP contribution is 2.41. The van der Waals surface area contributed by atoms with E-state index in [4.69, 9.17) is 44.9 Å². The van der Waals surface area contributed by atoms with E-state index < -0.39 is 12.1 Å². The summed E-state index contributed by atoms with van der Waals surface area (Å²) in [4.78, 5) is 56.7. The van der Waals surface area contributed by atoms with Crippen molar-refractivity contribution in [3.05, 3.63) is 139 Å². The molecule has 0 aliphatic carbocycles. The van der Waals surface area contributed by atoms with Crippen LogP contribution in [0, 0.1) is 34.6 Å². The number of methoxy groups -OCH3 is 1. The number of benzene rings is 2. The summed E-state index contributed by atoms with van der Waals surface area (Å²) in [6.07, 6.45) is 5.11. The Hall–Kier alpha value is -7.03. The van der Waals surface area contributed by atoms with E-state index in [0.29, 0.717) is 83.8 Å². The Balaban J connectivity index is 0.726. The van der Waals surface area contributed by atoms with Gasteiger partial charge in [-0.15, -0.1) is 21.5 Å². The first-order chi connectivity index (χ1) is 35.3. The minimum atomic E-state index is -0.569. The van der Waals surface area contributed by atoms with Crippen LogP contribution >= 0.6 is 22.9 Å². The Morgan fingerprint density at radius 2 is 1.59 bits per heavy atom. The summed E-state index contributed by atoms with van der Waals surface area (Å²) < 4.78 is 33.8. The number of nitrogens with zero attached hydrogens (tertiary/aromatic N) is 8. The highest BCUT2D eigenvalue weighted by molar-refractivity contribution is 7.15. The highest BCUT2D eigenvalue weighted by atomic mass is 35.5. The number of thiophene rings is 1. The van der Waals surface area contributed by atoms with Gasteiger partial charge in [0.15, 0.2) is 5.82 Å². The fraction of sp³-hybridized carbons (Fsp3) is 0.358. The number of carbonyl (C=O) groups excluding carboxylic acids is 2. The Labute approximate surface area is 430 Å². The number of nitrogens with one attached hydrogen (secondary N) is 2. The van der Waals surface area contributed by atoms with E-state index in [0.717, 1.165) is 55.7 Å². The van der Waals surface area contributed by atoms with Crippen LogP contribution in [0.3, 0.4) is 0 Å². The molecule has 2 N–H and O–H groups in total. The SMILES string of the molecule is COc1cc2c(cc1-c1c(C)coc1C)ncc1c2n(C(C)c2ccccn2)c(=O)n1CC(=O)NCCOCCOCCOCCNC(=O)CC1N=C(c2ccc(Cl)cc2)c2c(sc(C)c2C)-n2c(C)nnc21. The van der Waals surface area contributed by atoms with Crippen LogP contribution in [0.4, 0.5) is 0 Å². The van der Waals surface area contributed by atoms with Gasteiger partial charge in [-0.1, -0.05) is 29.8 Å². The maximum absolute atomic E-state index is 14.4. The first-order valence-electron chi connectivity index (χ1n) is 24.0. The lowest BCUT2D eigenvalue weighted by atomic mass is 9.99. The van der Waals surface area contributed by atoms with Crippen LogP contribution in [0.1, 0.15) is 75.7 Å². The number of amides is 2. The first kappa shape index (κ1) is 50.9. The molecule has 20 heteroatoms. The fourth-order valence-corrected chi connectivity index (χ4v) is 10.6. The van der Waals surface area contributed by atoms with E-state index in [1.807, 2.05) is 86.9 Å². The van der Waals surface area contributed by atoms with Gasteiger partial charge in [-0.05, 0) is 89.1 Å². The molecule has 1 aliphatic rings. The predicted molar refractivity (Wildman–Crippen MR) is 280 cm³/mol. The molecule has 18 nitrogen and oxygen atoms in total. The van der Waals surface area contributed by atoms with Crippen molar-refractivity contribution in [2.45, 2.75) is 66.6 Å². The third-order valence-electron chi connectivity index (χ3n) is 13.0. The van der Waals surface area contributed by atoms with Crippen LogP contribution in [0.2, 0.25) is 5.02 Å². The zero-order valence-electron chi connectivity index (χ0n) is 41.8. The molecular formula is C53H57ClN10O8S. The maximum Gasteiger partial charge on any atom is 0.330 e. The zero-order chi connectivity index (χ0) is 51.3.